The molecule has 0 amide bonds. The van der Waals surface area contributed by atoms with Crippen molar-refractivity contribution in [2.45, 2.75) is 11.8 Å². The fourth-order valence-electron chi connectivity index (χ4n) is 1.06. The average Bonchev–Trinajstić information content (AvgIpc) is 2.20. The van der Waals surface area contributed by atoms with Crippen molar-refractivity contribution >= 4 is 28.7 Å². The van der Waals surface area contributed by atoms with Crippen molar-refractivity contribution in [2.75, 3.05) is 7.11 Å². The van der Waals surface area contributed by atoms with E-state index in [-0.39, 0.29) is 45.0 Å². The Morgan fingerprint density at radius 1 is 1.50 bits per heavy atom. The smallest absolute Gasteiger partial charge is 0.768 e. The molecule has 1 aromatic carbocycles. The van der Waals surface area contributed by atoms with Gasteiger partial charge in [0.25, 0.3) is 0 Å². The molecule has 82 valence electrons. The molecule has 1 atom stereocenters. The second-order valence-corrected chi connectivity index (χ2v) is 4.12. The Kier molecular flexibility index (Phi) is 6.77. The van der Waals surface area contributed by atoms with Gasteiger partial charge in [-0.05, 0) is 35.7 Å². The van der Waals surface area contributed by atoms with Crippen LogP contribution in [0.4, 0.5) is 0 Å². The molecule has 0 aliphatic rings. The van der Waals surface area contributed by atoms with Gasteiger partial charge < -0.3 is 9.29 Å². The molecule has 0 aromatic heterocycles. The predicted molar refractivity (Wildman–Crippen MR) is 54.7 cm³/mol. The zero-order valence-electron chi connectivity index (χ0n) is 9.07. The van der Waals surface area contributed by atoms with Crippen LogP contribution in [0.1, 0.15) is 15.9 Å². The number of hydrogen-bond acceptors (Lipinski definition) is 4. The molecule has 0 N–H and O–H groups in total. The summed E-state index contributed by atoms with van der Waals surface area (Å²) in [6, 6.07) is 2.61. The van der Waals surface area contributed by atoms with Crippen LogP contribution in [0.25, 0.3) is 0 Å². The second kappa shape index (κ2) is 6.74. The van der Waals surface area contributed by atoms with Crippen LogP contribution in [0, 0.1) is 6.92 Å². The molecule has 0 aliphatic heterocycles. The van der Waals surface area contributed by atoms with Gasteiger partial charge in [0.15, 0.2) is 0 Å². The van der Waals surface area contributed by atoms with Gasteiger partial charge >= 0.3 is 35.5 Å². The minimum atomic E-state index is -2.42. The normalized spacial score (nSPS) is 11.5. The van der Waals surface area contributed by atoms with Crippen LogP contribution in [0.3, 0.4) is 0 Å². The maximum absolute atomic E-state index is 11.2. The number of esters is 1. The Balaban J connectivity index is 0.00000225. The zero-order chi connectivity index (χ0) is 11.6. The van der Waals surface area contributed by atoms with Gasteiger partial charge in [-0.1, -0.05) is 11.6 Å². The van der Waals surface area contributed by atoms with E-state index in [0.717, 1.165) is 0 Å². The molecule has 4 nitrogen and oxygen atoms in total. The summed E-state index contributed by atoms with van der Waals surface area (Å²) in [4.78, 5) is 11.2. The summed E-state index contributed by atoms with van der Waals surface area (Å²) in [7, 11) is 1.21. The molecule has 0 saturated carbocycles. The molecule has 0 aliphatic carbocycles. The first kappa shape index (κ1) is 16.1. The van der Waals surface area contributed by atoms with E-state index in [1.165, 1.54) is 19.2 Å². The van der Waals surface area contributed by atoms with E-state index in [1.807, 2.05) is 0 Å². The van der Waals surface area contributed by atoms with Crippen LogP contribution in [0.5, 0.6) is 0 Å². The third-order valence-corrected chi connectivity index (χ3v) is 3.07. The molecule has 0 bridgehead atoms. The van der Waals surface area contributed by atoms with E-state index in [2.05, 4.69) is 4.74 Å². The van der Waals surface area contributed by atoms with Gasteiger partial charge in [0, 0.05) is 9.92 Å². The van der Waals surface area contributed by atoms with Crippen LogP contribution >= 0.6 is 11.6 Å². The van der Waals surface area contributed by atoms with Crippen molar-refractivity contribution in [3.63, 3.8) is 0 Å². The van der Waals surface area contributed by atoms with E-state index in [1.54, 1.807) is 6.92 Å². The summed E-state index contributed by atoms with van der Waals surface area (Å²) >= 11 is 3.36. The fourth-order valence-corrected chi connectivity index (χ4v) is 1.92. The fraction of sp³-hybridized carbons (Fsp3) is 0.222. The van der Waals surface area contributed by atoms with Gasteiger partial charge in [0.05, 0.1) is 12.7 Å². The van der Waals surface area contributed by atoms with E-state index in [4.69, 9.17) is 11.6 Å². The maximum atomic E-state index is 11.2. The Morgan fingerprint density at radius 3 is 2.50 bits per heavy atom. The Labute approximate surface area is 123 Å². The van der Waals surface area contributed by atoms with Gasteiger partial charge in [-0.3, -0.25) is 4.21 Å². The van der Waals surface area contributed by atoms with Crippen molar-refractivity contribution in [2.24, 2.45) is 0 Å². The number of methoxy groups -OCH3 is 1. The first-order valence-corrected chi connectivity index (χ1v) is 5.40. The quantitative estimate of drug-likeness (QED) is 0.380. The monoisotopic (exact) mass is 270 g/mol. The van der Waals surface area contributed by atoms with E-state index >= 15 is 0 Å². The number of hydrogen-bond donors (Lipinski definition) is 0. The molecule has 0 fully saturated rings. The number of rotatable bonds is 2. The topological polar surface area (TPSA) is 66.4 Å². The summed E-state index contributed by atoms with van der Waals surface area (Å²) in [6.07, 6.45) is 0. The van der Waals surface area contributed by atoms with Crippen molar-refractivity contribution in [3.8, 4) is 0 Å². The zero-order valence-corrected chi connectivity index (χ0v) is 12.6. The summed E-state index contributed by atoms with van der Waals surface area (Å²) in [5.41, 5.74) is 0.532. The minimum Gasteiger partial charge on any atom is -0.768 e. The minimum absolute atomic E-state index is 0. The second-order valence-electron chi connectivity index (χ2n) is 2.81. The van der Waals surface area contributed by atoms with E-state index in [9.17, 15) is 13.6 Å². The molecule has 16 heavy (non-hydrogen) atoms. The van der Waals surface area contributed by atoms with Crippen molar-refractivity contribution in [1.29, 1.82) is 0 Å². The van der Waals surface area contributed by atoms with Gasteiger partial charge in [0.2, 0.25) is 0 Å². The summed E-state index contributed by atoms with van der Waals surface area (Å²) in [5, 5.41) is 0.220. The van der Waals surface area contributed by atoms with Crippen LogP contribution in [0.2, 0.25) is 5.02 Å². The van der Waals surface area contributed by atoms with Gasteiger partial charge in [-0.15, -0.1) is 0 Å². The Hall–Kier alpha value is 0.0900. The SMILES string of the molecule is COC(=O)c1cc(Cl)c(C)c(S(=O)[O-])c1.[Na+]. The predicted octanol–water partition coefficient (Wildman–Crippen LogP) is -1.32. The van der Waals surface area contributed by atoms with E-state index in [0.29, 0.717) is 5.56 Å². The molecular formula is C9H8ClNaO4S. The molecular weight excluding hydrogens is 263 g/mol. The summed E-state index contributed by atoms with van der Waals surface area (Å²) in [5.74, 6) is -0.622. The molecule has 0 radical (unpaired) electrons. The number of halogens is 1. The molecule has 0 spiro atoms. The number of ether oxygens (including phenoxy) is 1. The van der Waals surface area contributed by atoms with Gasteiger partial charge in [-0.25, -0.2) is 4.79 Å². The average molecular weight is 271 g/mol. The summed E-state index contributed by atoms with van der Waals surface area (Å²) < 4.78 is 26.1. The largest absolute Gasteiger partial charge is 1.00 e. The molecule has 1 unspecified atom stereocenters. The first-order chi connectivity index (χ1) is 6.97. The van der Waals surface area contributed by atoms with Crippen LogP contribution in [0.15, 0.2) is 17.0 Å². The van der Waals surface area contributed by atoms with Crippen molar-refractivity contribution in [3.05, 3.63) is 28.3 Å². The van der Waals surface area contributed by atoms with Crippen LogP contribution in [-0.2, 0) is 15.8 Å². The molecule has 0 saturated heterocycles. The summed E-state index contributed by atoms with van der Waals surface area (Å²) in [6.45, 7) is 1.56. The van der Waals surface area contributed by atoms with Crippen molar-refractivity contribution < 1.29 is 47.9 Å². The molecule has 1 rings (SSSR count). The maximum Gasteiger partial charge on any atom is 1.00 e. The Bertz CT molecular complexity index is 436. The van der Waals surface area contributed by atoms with Crippen LogP contribution < -0.4 is 29.6 Å². The van der Waals surface area contributed by atoms with Crippen molar-refractivity contribution in [1.82, 2.24) is 0 Å². The number of benzene rings is 1. The third kappa shape index (κ3) is 3.55. The number of carbonyl (C=O) groups excluding carboxylic acids is 1. The third-order valence-electron chi connectivity index (χ3n) is 1.90. The first-order valence-electron chi connectivity index (χ1n) is 3.95. The molecule has 1 aromatic rings. The Morgan fingerprint density at radius 2 is 2.06 bits per heavy atom. The van der Waals surface area contributed by atoms with Gasteiger partial charge in [0.1, 0.15) is 0 Å². The molecule has 7 heteroatoms. The number of carbonyl (C=O) groups is 1. The standard InChI is InChI=1S/C9H9ClO4S.Na/c1-5-7(10)3-6(9(11)14-2)4-8(5)15(12)13;/h3-4H,1-2H3,(H,12,13);/q;+1/p-1. The van der Waals surface area contributed by atoms with Gasteiger partial charge in [-0.2, -0.15) is 0 Å². The molecule has 0 heterocycles. The van der Waals surface area contributed by atoms with E-state index < -0.39 is 17.0 Å². The van der Waals surface area contributed by atoms with Crippen LogP contribution in [-0.4, -0.2) is 21.8 Å².